The lowest BCUT2D eigenvalue weighted by Crippen LogP contribution is -2.50. The SMILES string of the molecule is COc1ccc(C2CCN(C(=O)CC3(N)CCC3)C2)cc1.Cl. The minimum Gasteiger partial charge on any atom is -0.497 e. The molecule has 3 rings (SSSR count). The zero-order valence-electron chi connectivity index (χ0n) is 13.1. The van der Waals surface area contributed by atoms with Crippen LogP contribution in [-0.4, -0.2) is 36.5 Å². The predicted octanol–water partition coefficient (Wildman–Crippen LogP) is 2.70. The summed E-state index contributed by atoms with van der Waals surface area (Å²) in [5, 5.41) is 0. The maximum atomic E-state index is 12.4. The predicted molar refractivity (Wildman–Crippen MR) is 89.6 cm³/mol. The van der Waals surface area contributed by atoms with Crippen LogP contribution in [0.15, 0.2) is 24.3 Å². The molecule has 1 aromatic rings. The van der Waals surface area contributed by atoms with Crippen molar-refractivity contribution < 1.29 is 9.53 Å². The van der Waals surface area contributed by atoms with Crippen molar-refractivity contribution in [3.05, 3.63) is 29.8 Å². The molecular weight excluding hydrogens is 300 g/mol. The van der Waals surface area contributed by atoms with Crippen LogP contribution in [0.2, 0.25) is 0 Å². The summed E-state index contributed by atoms with van der Waals surface area (Å²) in [5.41, 5.74) is 7.26. The highest BCUT2D eigenvalue weighted by Gasteiger charge is 2.37. The molecule has 1 aliphatic carbocycles. The lowest BCUT2D eigenvalue weighted by atomic mass is 9.75. The highest BCUT2D eigenvalue weighted by molar-refractivity contribution is 5.85. The molecule has 1 unspecified atom stereocenters. The summed E-state index contributed by atoms with van der Waals surface area (Å²) in [5.74, 6) is 1.54. The Morgan fingerprint density at radius 1 is 1.36 bits per heavy atom. The van der Waals surface area contributed by atoms with Gasteiger partial charge in [0.25, 0.3) is 0 Å². The Labute approximate surface area is 138 Å². The van der Waals surface area contributed by atoms with Crippen LogP contribution < -0.4 is 10.5 Å². The molecule has 0 bridgehead atoms. The molecule has 5 heteroatoms. The number of nitrogens with zero attached hydrogens (tertiary/aromatic N) is 1. The molecule has 1 aromatic carbocycles. The average molecular weight is 325 g/mol. The number of carbonyl (C=O) groups excluding carboxylic acids is 1. The van der Waals surface area contributed by atoms with Crippen molar-refractivity contribution in [1.82, 2.24) is 4.90 Å². The molecule has 2 aliphatic rings. The first-order chi connectivity index (χ1) is 10.1. The van der Waals surface area contributed by atoms with Crippen molar-refractivity contribution >= 4 is 18.3 Å². The second-order valence-electron chi connectivity index (χ2n) is 6.49. The van der Waals surface area contributed by atoms with Crippen LogP contribution in [0, 0.1) is 0 Å². The molecule has 1 atom stereocenters. The summed E-state index contributed by atoms with van der Waals surface area (Å²) < 4.78 is 5.19. The summed E-state index contributed by atoms with van der Waals surface area (Å²) in [4.78, 5) is 14.3. The third-order valence-corrected chi connectivity index (χ3v) is 4.98. The second-order valence-corrected chi connectivity index (χ2v) is 6.49. The third kappa shape index (κ3) is 3.55. The molecule has 1 saturated heterocycles. The number of hydrogen-bond acceptors (Lipinski definition) is 3. The van der Waals surface area contributed by atoms with Crippen LogP contribution in [0.25, 0.3) is 0 Å². The van der Waals surface area contributed by atoms with E-state index in [9.17, 15) is 4.79 Å². The van der Waals surface area contributed by atoms with Gasteiger partial charge in [-0.15, -0.1) is 12.4 Å². The topological polar surface area (TPSA) is 55.6 Å². The van der Waals surface area contributed by atoms with Gasteiger partial charge in [0.2, 0.25) is 5.91 Å². The standard InChI is InChI=1S/C17H24N2O2.ClH/c1-21-15-5-3-13(4-6-15)14-7-10-19(12-14)16(20)11-17(18)8-2-9-17;/h3-6,14H,2,7-12,18H2,1H3;1H. The van der Waals surface area contributed by atoms with Gasteiger partial charge >= 0.3 is 0 Å². The highest BCUT2D eigenvalue weighted by Crippen LogP contribution is 2.34. The first-order valence-corrected chi connectivity index (χ1v) is 7.80. The lowest BCUT2D eigenvalue weighted by Gasteiger charge is -2.38. The first-order valence-electron chi connectivity index (χ1n) is 7.80. The number of carbonyl (C=O) groups is 1. The van der Waals surface area contributed by atoms with E-state index in [2.05, 4.69) is 12.1 Å². The third-order valence-electron chi connectivity index (χ3n) is 4.98. The summed E-state index contributed by atoms with van der Waals surface area (Å²) in [7, 11) is 1.67. The van der Waals surface area contributed by atoms with Crippen molar-refractivity contribution in [1.29, 1.82) is 0 Å². The number of ether oxygens (including phenoxy) is 1. The molecule has 2 N–H and O–H groups in total. The molecular formula is C17H25ClN2O2. The van der Waals surface area contributed by atoms with Crippen molar-refractivity contribution in [3.8, 4) is 5.75 Å². The number of methoxy groups -OCH3 is 1. The summed E-state index contributed by atoms with van der Waals surface area (Å²) >= 11 is 0. The van der Waals surface area contributed by atoms with Gasteiger partial charge in [-0.3, -0.25) is 4.79 Å². The van der Waals surface area contributed by atoms with Crippen molar-refractivity contribution in [2.45, 2.75) is 43.6 Å². The van der Waals surface area contributed by atoms with Gasteiger partial charge in [-0.05, 0) is 43.4 Å². The number of hydrogen-bond donors (Lipinski definition) is 1. The Bertz CT molecular complexity index is 514. The van der Waals surface area contributed by atoms with Gasteiger partial charge in [0.1, 0.15) is 5.75 Å². The minimum atomic E-state index is -0.213. The maximum absolute atomic E-state index is 12.4. The summed E-state index contributed by atoms with van der Waals surface area (Å²) in [6, 6.07) is 8.19. The fourth-order valence-electron chi connectivity index (χ4n) is 3.36. The van der Waals surface area contributed by atoms with Gasteiger partial charge in [0.15, 0.2) is 0 Å². The lowest BCUT2D eigenvalue weighted by molar-refractivity contribution is -0.132. The normalized spacial score (nSPS) is 22.6. The van der Waals surface area contributed by atoms with Crippen LogP contribution in [0.1, 0.15) is 43.6 Å². The van der Waals surface area contributed by atoms with E-state index in [-0.39, 0.29) is 23.9 Å². The molecule has 1 heterocycles. The quantitative estimate of drug-likeness (QED) is 0.926. The Balaban J connectivity index is 0.00000176. The summed E-state index contributed by atoms with van der Waals surface area (Å²) in [6.45, 7) is 1.67. The Hall–Kier alpha value is -1.26. The van der Waals surface area contributed by atoms with Crippen molar-refractivity contribution in [2.24, 2.45) is 5.73 Å². The molecule has 0 spiro atoms. The number of rotatable bonds is 4. The van der Waals surface area contributed by atoms with E-state index in [1.807, 2.05) is 17.0 Å². The van der Waals surface area contributed by atoms with E-state index in [0.29, 0.717) is 12.3 Å². The fraction of sp³-hybridized carbons (Fsp3) is 0.588. The minimum absolute atomic E-state index is 0. The molecule has 22 heavy (non-hydrogen) atoms. The zero-order chi connectivity index (χ0) is 14.9. The molecule has 4 nitrogen and oxygen atoms in total. The zero-order valence-corrected chi connectivity index (χ0v) is 13.9. The molecule has 122 valence electrons. The summed E-state index contributed by atoms with van der Waals surface area (Å²) in [6.07, 6.45) is 4.71. The van der Waals surface area contributed by atoms with Crippen LogP contribution >= 0.6 is 12.4 Å². The monoisotopic (exact) mass is 324 g/mol. The smallest absolute Gasteiger partial charge is 0.224 e. The van der Waals surface area contributed by atoms with E-state index in [4.69, 9.17) is 10.5 Å². The molecule has 0 aromatic heterocycles. The molecule has 1 aliphatic heterocycles. The second kappa shape index (κ2) is 6.88. The van der Waals surface area contributed by atoms with Crippen LogP contribution in [0.5, 0.6) is 5.75 Å². The van der Waals surface area contributed by atoms with Gasteiger partial charge in [-0.25, -0.2) is 0 Å². The van der Waals surface area contributed by atoms with E-state index in [0.717, 1.165) is 44.5 Å². The fourth-order valence-corrected chi connectivity index (χ4v) is 3.36. The van der Waals surface area contributed by atoms with Crippen LogP contribution in [0.4, 0.5) is 0 Å². The largest absolute Gasteiger partial charge is 0.497 e. The molecule has 2 fully saturated rings. The Morgan fingerprint density at radius 3 is 2.59 bits per heavy atom. The van der Waals surface area contributed by atoms with Gasteiger partial charge in [0.05, 0.1) is 7.11 Å². The van der Waals surface area contributed by atoms with Gasteiger partial charge in [-0.2, -0.15) is 0 Å². The van der Waals surface area contributed by atoms with Gasteiger partial charge < -0.3 is 15.4 Å². The van der Waals surface area contributed by atoms with Crippen LogP contribution in [-0.2, 0) is 4.79 Å². The maximum Gasteiger partial charge on any atom is 0.224 e. The number of amides is 1. The number of likely N-dealkylation sites (tertiary alicyclic amines) is 1. The molecule has 1 saturated carbocycles. The Kier molecular flexibility index (Phi) is 5.35. The molecule has 0 radical (unpaired) electrons. The van der Waals surface area contributed by atoms with Gasteiger partial charge in [0, 0.05) is 31.0 Å². The van der Waals surface area contributed by atoms with Crippen LogP contribution in [0.3, 0.4) is 0 Å². The Morgan fingerprint density at radius 2 is 2.05 bits per heavy atom. The molecule has 1 amide bonds. The van der Waals surface area contributed by atoms with E-state index >= 15 is 0 Å². The van der Waals surface area contributed by atoms with E-state index in [1.165, 1.54) is 5.56 Å². The number of halogens is 1. The van der Waals surface area contributed by atoms with E-state index in [1.54, 1.807) is 7.11 Å². The van der Waals surface area contributed by atoms with Gasteiger partial charge in [-0.1, -0.05) is 12.1 Å². The van der Waals surface area contributed by atoms with E-state index < -0.39 is 0 Å². The number of nitrogens with two attached hydrogens (primary N) is 1. The van der Waals surface area contributed by atoms with Crippen molar-refractivity contribution in [3.63, 3.8) is 0 Å². The van der Waals surface area contributed by atoms with Crippen molar-refractivity contribution in [2.75, 3.05) is 20.2 Å². The average Bonchev–Trinajstić information content (AvgIpc) is 2.95. The number of benzene rings is 1. The first kappa shape index (κ1) is 17.1. The highest BCUT2D eigenvalue weighted by atomic mass is 35.5.